The fourth-order valence-electron chi connectivity index (χ4n) is 4.01. The summed E-state index contributed by atoms with van der Waals surface area (Å²) in [5.74, 6) is 6.44. The van der Waals surface area contributed by atoms with Gasteiger partial charge in [0.2, 0.25) is 6.29 Å². The zero-order valence-electron chi connectivity index (χ0n) is 20.7. The van der Waals surface area contributed by atoms with Crippen LogP contribution >= 0.6 is 11.6 Å². The molecule has 0 saturated carbocycles. The lowest BCUT2D eigenvalue weighted by molar-refractivity contribution is -0.136. The Labute approximate surface area is 225 Å². The number of hydrazine groups is 1. The fourth-order valence-corrected chi connectivity index (χ4v) is 4.14. The highest BCUT2D eigenvalue weighted by Gasteiger charge is 2.42. The Balaban J connectivity index is 1.49. The number of hydrogen-bond donors (Lipinski definition) is 3. The van der Waals surface area contributed by atoms with Crippen LogP contribution in [-0.4, -0.2) is 50.8 Å². The number of hydrogen-bond acceptors (Lipinski definition) is 6. The van der Waals surface area contributed by atoms with Gasteiger partial charge in [0.05, 0.1) is 6.54 Å². The molecule has 1 atom stereocenters. The second kappa shape index (κ2) is 11.8. The lowest BCUT2D eigenvalue weighted by Gasteiger charge is -2.45. The van der Waals surface area contributed by atoms with Crippen molar-refractivity contribution in [3.05, 3.63) is 88.9 Å². The first-order chi connectivity index (χ1) is 18.2. The van der Waals surface area contributed by atoms with E-state index in [1.165, 1.54) is 4.90 Å². The molecule has 198 valence electrons. The highest BCUT2D eigenvalue weighted by Crippen LogP contribution is 2.27. The van der Waals surface area contributed by atoms with Gasteiger partial charge in [0.25, 0.3) is 0 Å². The Bertz CT molecular complexity index is 1300. The number of carboxylic acid groups (broad SMARTS) is 1. The minimum atomic E-state index is -0.939. The summed E-state index contributed by atoms with van der Waals surface area (Å²) in [5.41, 5.74) is 2.29. The third-order valence-electron chi connectivity index (χ3n) is 5.98. The Morgan fingerprint density at radius 1 is 1.00 bits per heavy atom. The first-order valence-electron chi connectivity index (χ1n) is 12.0. The molecule has 3 aromatic carbocycles. The number of anilines is 1. The SMILES string of the molecule is CCN1C(=O)N(N)C(Nc2ccc(Oc3cccc(CCC(=O)O)c3)cc2)N(Cc2ccc(Cl)cc2)C1=O. The molecule has 0 radical (unpaired) electrons. The van der Waals surface area contributed by atoms with E-state index in [0.29, 0.717) is 28.6 Å². The molecule has 38 heavy (non-hydrogen) atoms. The number of rotatable bonds is 10. The van der Waals surface area contributed by atoms with E-state index in [1.807, 2.05) is 24.3 Å². The molecule has 10 nitrogen and oxygen atoms in total. The van der Waals surface area contributed by atoms with Crippen molar-refractivity contribution in [2.24, 2.45) is 5.84 Å². The van der Waals surface area contributed by atoms with Crippen LogP contribution in [0.2, 0.25) is 5.02 Å². The maximum atomic E-state index is 13.2. The number of nitrogens with two attached hydrogens (primary N) is 1. The van der Waals surface area contributed by atoms with Crippen LogP contribution in [0.1, 0.15) is 24.5 Å². The maximum absolute atomic E-state index is 13.2. The molecule has 0 aromatic heterocycles. The second-order valence-electron chi connectivity index (χ2n) is 8.66. The van der Waals surface area contributed by atoms with Crippen molar-refractivity contribution in [1.82, 2.24) is 14.8 Å². The third-order valence-corrected chi connectivity index (χ3v) is 6.23. The van der Waals surface area contributed by atoms with Gasteiger partial charge in [-0.2, -0.15) is 0 Å². The number of imide groups is 1. The summed E-state index contributed by atoms with van der Waals surface area (Å²) >= 11 is 6.00. The number of ether oxygens (including phenoxy) is 1. The molecule has 3 aromatic rings. The summed E-state index contributed by atoms with van der Waals surface area (Å²) in [6, 6.07) is 20.2. The molecule has 1 aliphatic heterocycles. The molecular formula is C27H28ClN5O5. The van der Waals surface area contributed by atoms with Crippen LogP contribution in [0.15, 0.2) is 72.8 Å². The van der Waals surface area contributed by atoms with Crippen LogP contribution in [0.4, 0.5) is 15.3 Å². The number of benzene rings is 3. The molecule has 0 spiro atoms. The molecule has 1 fully saturated rings. The normalized spacial score (nSPS) is 15.6. The molecule has 1 unspecified atom stereocenters. The smallest absolute Gasteiger partial charge is 0.345 e. The number of carbonyl (C=O) groups is 3. The summed E-state index contributed by atoms with van der Waals surface area (Å²) in [5, 5.41) is 13.6. The van der Waals surface area contributed by atoms with E-state index in [1.54, 1.807) is 55.5 Å². The van der Waals surface area contributed by atoms with Gasteiger partial charge in [-0.3, -0.25) is 9.69 Å². The first kappa shape index (κ1) is 26.8. The van der Waals surface area contributed by atoms with Crippen LogP contribution in [0.3, 0.4) is 0 Å². The standard InChI is InChI=1S/C27H28ClN5O5/c1-2-31-26(36)32(17-19-6-9-20(28)10-7-19)25(33(29)27(31)37)30-21-11-13-22(14-12-21)38-23-5-3-4-18(16-23)8-15-24(34)35/h3-7,9-14,16,25,30H,2,8,15,17,29H2,1H3,(H,34,35). The number of nitrogens with one attached hydrogen (secondary N) is 1. The quantitative estimate of drug-likeness (QED) is 0.242. The molecule has 1 heterocycles. The van der Waals surface area contributed by atoms with Crippen LogP contribution in [0, 0.1) is 0 Å². The topological polar surface area (TPSA) is 128 Å². The van der Waals surface area contributed by atoms with E-state index in [4.69, 9.17) is 27.3 Å². The average Bonchev–Trinajstić information content (AvgIpc) is 2.91. The lowest BCUT2D eigenvalue weighted by atomic mass is 10.1. The number of urea groups is 2. The molecule has 1 aliphatic rings. The van der Waals surface area contributed by atoms with Gasteiger partial charge in [-0.15, -0.1) is 0 Å². The Kier molecular flexibility index (Phi) is 8.35. The van der Waals surface area contributed by atoms with Crippen molar-refractivity contribution >= 4 is 35.3 Å². The Hall–Kier alpha value is -4.28. The number of amides is 4. The summed E-state index contributed by atoms with van der Waals surface area (Å²) in [4.78, 5) is 39.3. The molecule has 4 rings (SSSR count). The molecule has 0 aliphatic carbocycles. The predicted octanol–water partition coefficient (Wildman–Crippen LogP) is 5.10. The molecule has 4 amide bonds. The monoisotopic (exact) mass is 537 g/mol. The van der Waals surface area contributed by atoms with Crippen molar-refractivity contribution in [2.45, 2.75) is 32.6 Å². The van der Waals surface area contributed by atoms with E-state index in [9.17, 15) is 14.4 Å². The van der Waals surface area contributed by atoms with Crippen molar-refractivity contribution in [3.63, 3.8) is 0 Å². The van der Waals surface area contributed by atoms with Crippen LogP contribution in [0.25, 0.3) is 0 Å². The van der Waals surface area contributed by atoms with Crippen LogP contribution < -0.4 is 15.9 Å². The van der Waals surface area contributed by atoms with Crippen LogP contribution in [0.5, 0.6) is 11.5 Å². The van der Waals surface area contributed by atoms with Gasteiger partial charge in [0, 0.05) is 23.7 Å². The Morgan fingerprint density at radius 3 is 2.37 bits per heavy atom. The van der Waals surface area contributed by atoms with E-state index in [-0.39, 0.29) is 19.5 Å². The summed E-state index contributed by atoms with van der Waals surface area (Å²) < 4.78 is 5.92. The highest BCUT2D eigenvalue weighted by atomic mass is 35.5. The molecule has 0 bridgehead atoms. The van der Waals surface area contributed by atoms with Gasteiger partial charge in [0.15, 0.2) is 0 Å². The van der Waals surface area contributed by atoms with Crippen LogP contribution in [-0.2, 0) is 17.8 Å². The average molecular weight is 538 g/mol. The Morgan fingerprint density at radius 2 is 1.71 bits per heavy atom. The van der Waals surface area contributed by atoms with Gasteiger partial charge in [-0.05, 0) is 73.0 Å². The van der Waals surface area contributed by atoms with Gasteiger partial charge >= 0.3 is 18.0 Å². The van der Waals surface area contributed by atoms with Crippen molar-refractivity contribution in [3.8, 4) is 11.5 Å². The first-order valence-corrected chi connectivity index (χ1v) is 12.4. The number of aryl methyl sites for hydroxylation is 1. The summed E-state index contributed by atoms with van der Waals surface area (Å²) in [6.45, 7) is 2.09. The van der Waals surface area contributed by atoms with E-state index < -0.39 is 24.3 Å². The largest absolute Gasteiger partial charge is 0.481 e. The fraction of sp³-hybridized carbons (Fsp3) is 0.222. The summed E-state index contributed by atoms with van der Waals surface area (Å²) in [6.07, 6.45) is -0.489. The maximum Gasteiger partial charge on any atom is 0.345 e. The molecule has 4 N–H and O–H groups in total. The molecular weight excluding hydrogens is 510 g/mol. The number of carboxylic acids is 1. The zero-order valence-corrected chi connectivity index (χ0v) is 21.5. The minimum Gasteiger partial charge on any atom is -0.481 e. The zero-order chi connectivity index (χ0) is 27.2. The second-order valence-corrected chi connectivity index (χ2v) is 9.09. The predicted molar refractivity (Wildman–Crippen MR) is 143 cm³/mol. The number of nitrogens with zero attached hydrogens (tertiary/aromatic N) is 3. The van der Waals surface area contributed by atoms with E-state index in [0.717, 1.165) is 21.0 Å². The summed E-state index contributed by atoms with van der Waals surface area (Å²) in [7, 11) is 0. The third kappa shape index (κ3) is 6.34. The van der Waals surface area contributed by atoms with Crippen molar-refractivity contribution in [1.29, 1.82) is 0 Å². The number of aliphatic carboxylic acids is 1. The van der Waals surface area contributed by atoms with Gasteiger partial charge < -0.3 is 15.2 Å². The molecule has 1 saturated heterocycles. The number of carbonyl (C=O) groups excluding carboxylic acids is 2. The minimum absolute atomic E-state index is 0.0409. The van der Waals surface area contributed by atoms with Gasteiger partial charge in [-0.1, -0.05) is 35.9 Å². The van der Waals surface area contributed by atoms with E-state index >= 15 is 0 Å². The van der Waals surface area contributed by atoms with Gasteiger partial charge in [-0.25, -0.2) is 25.3 Å². The highest BCUT2D eigenvalue weighted by molar-refractivity contribution is 6.30. The van der Waals surface area contributed by atoms with Gasteiger partial charge in [0.1, 0.15) is 11.5 Å². The lowest BCUT2D eigenvalue weighted by Crippen LogP contribution is -2.70. The van der Waals surface area contributed by atoms with E-state index in [2.05, 4.69) is 5.32 Å². The number of halogens is 1. The van der Waals surface area contributed by atoms with Crippen molar-refractivity contribution < 1.29 is 24.2 Å². The molecule has 11 heteroatoms. The van der Waals surface area contributed by atoms with Crippen molar-refractivity contribution in [2.75, 3.05) is 11.9 Å².